The average Bonchev–Trinajstić information content (AvgIpc) is 3.09. The minimum absolute atomic E-state index is 0.208. The fourth-order valence-electron chi connectivity index (χ4n) is 6.50. The van der Waals surface area contributed by atoms with Crippen LogP contribution in [0.25, 0.3) is 60.3 Å². The van der Waals surface area contributed by atoms with E-state index < -0.39 is 0 Å². The first-order valence-corrected chi connectivity index (χ1v) is 14.5. The smallest absolute Gasteiger partial charge is 0.116 e. The highest BCUT2D eigenvalue weighted by Gasteiger charge is 2.18. The van der Waals surface area contributed by atoms with Crippen LogP contribution in [0.3, 0.4) is 0 Å². The summed E-state index contributed by atoms with van der Waals surface area (Å²) in [7, 11) is 0. The summed E-state index contributed by atoms with van der Waals surface area (Å²) in [4.78, 5) is 9.50. The van der Waals surface area contributed by atoms with Crippen LogP contribution >= 0.6 is 0 Å². The number of benzene rings is 6. The van der Waals surface area contributed by atoms with E-state index in [1.807, 2.05) is 0 Å². The molecule has 198 valence electrons. The molecule has 0 radical (unpaired) electrons. The molecule has 0 amide bonds. The number of nitrogens with zero attached hydrogens (tertiary/aromatic N) is 2. The molecule has 1 aliphatic rings. The third kappa shape index (κ3) is 4.20. The second-order valence-electron chi connectivity index (χ2n) is 11.0. The van der Waals surface area contributed by atoms with E-state index in [0.29, 0.717) is 0 Å². The fraction of sp³-hybridized carbons (Fsp3) is 0.0500. The molecular weight excluding hydrogens is 508 g/mol. The van der Waals surface area contributed by atoms with Gasteiger partial charge in [-0.3, -0.25) is 0 Å². The lowest BCUT2D eigenvalue weighted by molar-refractivity contribution is 0.820. The van der Waals surface area contributed by atoms with E-state index >= 15 is 0 Å². The van der Waals surface area contributed by atoms with Crippen LogP contribution in [0.2, 0.25) is 0 Å². The zero-order valence-electron chi connectivity index (χ0n) is 23.1. The molecule has 1 atom stereocenters. The quantitative estimate of drug-likeness (QED) is 0.209. The number of rotatable bonds is 4. The predicted octanol–water partition coefficient (Wildman–Crippen LogP) is 10.4. The standard InChI is InChI=1S/C40H28N2/c1-2-11-27(12-3-1)28-13-10-14-30(23-28)39-25-40(42-26-41-39)37-20-9-4-15-31(37)29-21-22-36-34-18-6-5-16-32(34)33-17-7-8-19-35(33)38(36)24-29/h1-22,24-26,30H,23H2. The van der Waals surface area contributed by atoms with Crippen molar-refractivity contribution in [3.8, 4) is 22.4 Å². The monoisotopic (exact) mass is 536 g/mol. The number of hydrogen-bond donors (Lipinski definition) is 0. The lowest BCUT2D eigenvalue weighted by atomic mass is 9.87. The first kappa shape index (κ1) is 24.5. The Labute approximate surface area is 245 Å². The third-order valence-corrected chi connectivity index (χ3v) is 8.55. The Morgan fingerprint density at radius 1 is 0.500 bits per heavy atom. The van der Waals surface area contributed by atoms with Gasteiger partial charge >= 0.3 is 0 Å². The summed E-state index contributed by atoms with van der Waals surface area (Å²) >= 11 is 0. The van der Waals surface area contributed by atoms with Crippen molar-refractivity contribution in [3.63, 3.8) is 0 Å². The first-order chi connectivity index (χ1) is 20.8. The SMILES string of the molecule is C1=CC(c2cc(-c3ccccc3-c3ccc4c5ccccc5c5ccccc5c4c3)ncn2)CC(c2ccccc2)=C1. The molecule has 1 aliphatic carbocycles. The summed E-state index contributed by atoms with van der Waals surface area (Å²) in [5.41, 5.74) is 8.06. The van der Waals surface area contributed by atoms with E-state index in [2.05, 4.69) is 146 Å². The van der Waals surface area contributed by atoms with Crippen LogP contribution in [0.5, 0.6) is 0 Å². The van der Waals surface area contributed by atoms with Gasteiger partial charge in [0.25, 0.3) is 0 Å². The Balaban J connectivity index is 1.22. The zero-order valence-corrected chi connectivity index (χ0v) is 23.1. The maximum Gasteiger partial charge on any atom is 0.116 e. The Bertz CT molecular complexity index is 2140. The Morgan fingerprint density at radius 2 is 1.12 bits per heavy atom. The molecule has 42 heavy (non-hydrogen) atoms. The summed E-state index contributed by atoms with van der Waals surface area (Å²) in [6.07, 6.45) is 9.27. The van der Waals surface area contributed by atoms with E-state index in [-0.39, 0.29) is 5.92 Å². The van der Waals surface area contributed by atoms with Crippen molar-refractivity contribution >= 4 is 37.9 Å². The van der Waals surface area contributed by atoms with E-state index in [9.17, 15) is 0 Å². The molecule has 1 aromatic heterocycles. The van der Waals surface area contributed by atoms with Gasteiger partial charge in [-0.25, -0.2) is 9.97 Å². The fourth-order valence-corrected chi connectivity index (χ4v) is 6.50. The van der Waals surface area contributed by atoms with Crippen molar-refractivity contribution in [2.45, 2.75) is 12.3 Å². The normalized spacial score (nSPS) is 14.9. The number of fused-ring (bicyclic) bond motifs is 6. The molecule has 0 aliphatic heterocycles. The van der Waals surface area contributed by atoms with Crippen molar-refractivity contribution < 1.29 is 0 Å². The van der Waals surface area contributed by atoms with Gasteiger partial charge in [0, 0.05) is 11.5 Å². The van der Waals surface area contributed by atoms with Gasteiger partial charge in [-0.05, 0) is 73.1 Å². The first-order valence-electron chi connectivity index (χ1n) is 14.5. The molecule has 0 saturated carbocycles. The van der Waals surface area contributed by atoms with Crippen LogP contribution in [0.15, 0.2) is 152 Å². The van der Waals surface area contributed by atoms with E-state index in [1.54, 1.807) is 6.33 Å². The predicted molar refractivity (Wildman–Crippen MR) is 176 cm³/mol. The van der Waals surface area contributed by atoms with Crippen LogP contribution in [0.4, 0.5) is 0 Å². The van der Waals surface area contributed by atoms with Crippen LogP contribution < -0.4 is 0 Å². The molecule has 2 heteroatoms. The van der Waals surface area contributed by atoms with Crippen LogP contribution in [-0.2, 0) is 0 Å². The van der Waals surface area contributed by atoms with Gasteiger partial charge < -0.3 is 0 Å². The van der Waals surface area contributed by atoms with Crippen molar-refractivity contribution in [1.29, 1.82) is 0 Å². The third-order valence-electron chi connectivity index (χ3n) is 8.55. The van der Waals surface area contributed by atoms with E-state index in [1.165, 1.54) is 54.6 Å². The maximum absolute atomic E-state index is 4.77. The van der Waals surface area contributed by atoms with Gasteiger partial charge in [0.15, 0.2) is 0 Å². The van der Waals surface area contributed by atoms with Gasteiger partial charge in [-0.2, -0.15) is 0 Å². The molecule has 2 nitrogen and oxygen atoms in total. The van der Waals surface area contributed by atoms with Gasteiger partial charge in [-0.15, -0.1) is 0 Å². The van der Waals surface area contributed by atoms with Gasteiger partial charge in [0.1, 0.15) is 6.33 Å². The molecule has 0 spiro atoms. The lowest BCUT2D eigenvalue weighted by Crippen LogP contribution is -2.04. The summed E-state index contributed by atoms with van der Waals surface area (Å²) in [6.45, 7) is 0. The van der Waals surface area contributed by atoms with Crippen LogP contribution in [0.1, 0.15) is 23.6 Å². The van der Waals surface area contributed by atoms with Gasteiger partial charge in [0.2, 0.25) is 0 Å². The molecular formula is C40H28N2. The molecule has 0 saturated heterocycles. The van der Waals surface area contributed by atoms with Crippen molar-refractivity contribution in [3.05, 3.63) is 163 Å². The molecule has 1 unspecified atom stereocenters. The molecule has 1 heterocycles. The van der Waals surface area contributed by atoms with Crippen molar-refractivity contribution in [2.24, 2.45) is 0 Å². The second kappa shape index (κ2) is 10.2. The van der Waals surface area contributed by atoms with Crippen molar-refractivity contribution in [1.82, 2.24) is 9.97 Å². The Kier molecular flexibility index (Phi) is 5.97. The molecule has 6 aromatic carbocycles. The van der Waals surface area contributed by atoms with Crippen LogP contribution in [0, 0.1) is 0 Å². The highest BCUT2D eigenvalue weighted by atomic mass is 14.8. The molecule has 0 bridgehead atoms. The topological polar surface area (TPSA) is 25.8 Å². The average molecular weight is 537 g/mol. The molecule has 0 fully saturated rings. The minimum Gasteiger partial charge on any atom is -0.241 e. The molecule has 7 aromatic rings. The zero-order chi connectivity index (χ0) is 27.9. The van der Waals surface area contributed by atoms with Gasteiger partial charge in [0.05, 0.1) is 11.4 Å². The second-order valence-corrected chi connectivity index (χ2v) is 11.0. The summed E-state index contributed by atoms with van der Waals surface area (Å²) in [5, 5.41) is 7.70. The summed E-state index contributed by atoms with van der Waals surface area (Å²) in [5.74, 6) is 0.208. The van der Waals surface area contributed by atoms with E-state index in [0.717, 1.165) is 23.4 Å². The minimum atomic E-state index is 0.208. The van der Waals surface area contributed by atoms with Crippen molar-refractivity contribution in [2.75, 3.05) is 0 Å². The highest BCUT2D eigenvalue weighted by molar-refractivity contribution is 6.25. The van der Waals surface area contributed by atoms with E-state index in [4.69, 9.17) is 9.97 Å². The lowest BCUT2D eigenvalue weighted by Gasteiger charge is -2.19. The summed E-state index contributed by atoms with van der Waals surface area (Å²) < 4.78 is 0. The summed E-state index contributed by atoms with van der Waals surface area (Å²) in [6, 6.07) is 45.8. The Hall–Kier alpha value is -5.34. The number of allylic oxidation sites excluding steroid dienone is 4. The molecule has 0 N–H and O–H groups in total. The number of hydrogen-bond acceptors (Lipinski definition) is 2. The Morgan fingerprint density at radius 3 is 1.86 bits per heavy atom. The highest BCUT2D eigenvalue weighted by Crippen LogP contribution is 2.40. The van der Waals surface area contributed by atoms with Crippen LogP contribution in [-0.4, -0.2) is 9.97 Å². The number of aromatic nitrogens is 2. The molecule has 8 rings (SSSR count). The largest absolute Gasteiger partial charge is 0.241 e. The van der Waals surface area contributed by atoms with Gasteiger partial charge in [-0.1, -0.05) is 133 Å². The maximum atomic E-state index is 4.77.